The average molecular weight is 714 g/mol. The van der Waals surface area contributed by atoms with Crippen molar-refractivity contribution in [1.29, 1.82) is 0 Å². The number of nitrogens with zero attached hydrogens (tertiary/aromatic N) is 1. The van der Waals surface area contributed by atoms with Gasteiger partial charge in [0.2, 0.25) is 0 Å². The molecular formula is C44H47NO6Si. The molecule has 52 heavy (non-hydrogen) atoms. The van der Waals surface area contributed by atoms with Gasteiger partial charge in [0, 0.05) is 0 Å². The molecule has 1 heterocycles. The lowest BCUT2D eigenvalue weighted by atomic mass is 10.1. The van der Waals surface area contributed by atoms with Crippen molar-refractivity contribution in [2.24, 2.45) is 0 Å². The lowest BCUT2D eigenvalue weighted by Gasteiger charge is -2.44. The Labute approximate surface area is 308 Å². The van der Waals surface area contributed by atoms with Gasteiger partial charge in [-0.05, 0) is 32.1 Å². The minimum atomic E-state index is -3.06. The molecule has 8 heteroatoms. The molecule has 4 atom stereocenters. The first kappa shape index (κ1) is 36.9. The molecule has 7 nitrogen and oxygen atoms in total. The lowest BCUT2D eigenvalue weighted by molar-refractivity contribution is -0.118. The number of benzene rings is 5. The molecule has 268 valence electrons. The van der Waals surface area contributed by atoms with E-state index in [-0.39, 0.29) is 31.5 Å². The molecule has 0 aliphatic carbocycles. The number of hydrogen-bond donors (Lipinski definition) is 0. The largest absolute Gasteiger partial charge is 0.445 e. The van der Waals surface area contributed by atoms with Crippen molar-refractivity contribution < 1.29 is 28.2 Å². The first-order valence-electron chi connectivity index (χ1n) is 17.8. The predicted octanol–water partition coefficient (Wildman–Crippen LogP) is 7.32. The van der Waals surface area contributed by atoms with Gasteiger partial charge >= 0.3 is 6.09 Å². The van der Waals surface area contributed by atoms with E-state index >= 15 is 0 Å². The molecule has 1 saturated heterocycles. The van der Waals surface area contributed by atoms with Crippen LogP contribution in [0.5, 0.6) is 0 Å². The third kappa shape index (κ3) is 8.27. The third-order valence-electron chi connectivity index (χ3n) is 9.73. The quantitative estimate of drug-likeness (QED) is 0.0888. The van der Waals surface area contributed by atoms with Crippen LogP contribution in [0.2, 0.25) is 5.04 Å². The highest BCUT2D eigenvalue weighted by Gasteiger charge is 2.56. The maximum Gasteiger partial charge on any atom is 0.411 e. The molecule has 1 aliphatic rings. The van der Waals surface area contributed by atoms with Crippen molar-refractivity contribution in [1.82, 2.24) is 4.90 Å². The van der Waals surface area contributed by atoms with Crippen molar-refractivity contribution in [3.63, 3.8) is 0 Å². The second-order valence-corrected chi connectivity index (χ2v) is 18.4. The van der Waals surface area contributed by atoms with Crippen LogP contribution in [0.1, 0.15) is 37.5 Å². The van der Waals surface area contributed by atoms with E-state index < -0.39 is 38.7 Å². The van der Waals surface area contributed by atoms with E-state index in [0.29, 0.717) is 0 Å². The van der Waals surface area contributed by atoms with Gasteiger partial charge in [-0.3, -0.25) is 4.90 Å². The minimum Gasteiger partial charge on any atom is -0.445 e. The number of rotatable bonds is 14. The molecule has 6 rings (SSSR count). The van der Waals surface area contributed by atoms with E-state index in [0.717, 1.165) is 33.3 Å². The monoisotopic (exact) mass is 713 g/mol. The van der Waals surface area contributed by atoms with E-state index in [1.54, 1.807) is 0 Å². The van der Waals surface area contributed by atoms with Crippen molar-refractivity contribution in [2.75, 3.05) is 6.61 Å². The maximum atomic E-state index is 14.3. The van der Waals surface area contributed by atoms with Crippen molar-refractivity contribution in [3.8, 4) is 0 Å². The van der Waals surface area contributed by atoms with E-state index in [1.165, 1.54) is 4.90 Å². The van der Waals surface area contributed by atoms with Gasteiger partial charge in [-0.15, -0.1) is 0 Å². The SMILES string of the molecule is CC(C)(C)[Si](OC[C@@H]1[C@@H](OCc2ccccc2)[C@H](OCc2ccccc2)[C@@H](C=O)N1C(=O)OCc1ccccc1)(c1ccccc1)c1ccccc1. The molecule has 5 aromatic rings. The lowest BCUT2D eigenvalue weighted by Crippen LogP contribution is -2.67. The number of likely N-dealkylation sites (tertiary alicyclic amines) is 1. The number of ether oxygens (including phenoxy) is 3. The van der Waals surface area contributed by atoms with Crippen LogP contribution in [0.4, 0.5) is 4.79 Å². The first-order valence-corrected chi connectivity index (χ1v) is 19.7. The van der Waals surface area contributed by atoms with Crippen LogP contribution in [-0.2, 0) is 43.3 Å². The maximum absolute atomic E-state index is 14.3. The topological polar surface area (TPSA) is 74.3 Å². The molecule has 1 fully saturated rings. The fourth-order valence-corrected chi connectivity index (χ4v) is 11.8. The summed E-state index contributed by atoms with van der Waals surface area (Å²) in [5, 5.41) is 1.90. The van der Waals surface area contributed by atoms with Crippen molar-refractivity contribution in [3.05, 3.63) is 168 Å². The number of carbonyl (C=O) groups excluding carboxylic acids is 2. The van der Waals surface area contributed by atoms with E-state index in [2.05, 4.69) is 45.0 Å². The third-order valence-corrected chi connectivity index (χ3v) is 14.7. The van der Waals surface area contributed by atoms with Crippen LogP contribution in [0.3, 0.4) is 0 Å². The van der Waals surface area contributed by atoms with Gasteiger partial charge in [0.25, 0.3) is 8.32 Å². The standard InChI is InChI=1S/C44H47NO6Si/c1-44(2,3)52(37-25-15-7-16-26-37,38-27-17-8-18-28-38)51-33-40-42(49-31-35-21-11-5-12-22-35)41(48-30-34-19-9-4-10-20-34)39(29-46)45(40)43(47)50-32-36-23-13-6-14-24-36/h4-29,39-42H,30-33H2,1-3H3/t39-,40-,41-,42-/m1/s1. The molecule has 0 N–H and O–H groups in total. The Morgan fingerprint density at radius 1 is 0.615 bits per heavy atom. The Hall–Kier alpha value is -4.86. The van der Waals surface area contributed by atoms with Crippen molar-refractivity contribution in [2.45, 2.75) is 69.9 Å². The first-order chi connectivity index (χ1) is 25.3. The van der Waals surface area contributed by atoms with E-state index in [1.807, 2.05) is 127 Å². The number of aldehydes is 1. The summed E-state index contributed by atoms with van der Waals surface area (Å²) in [6.07, 6.45) is -1.36. The summed E-state index contributed by atoms with van der Waals surface area (Å²) in [7, 11) is -3.06. The summed E-state index contributed by atoms with van der Waals surface area (Å²) < 4.78 is 26.7. The highest BCUT2D eigenvalue weighted by Crippen LogP contribution is 2.39. The second kappa shape index (κ2) is 17.1. The second-order valence-electron chi connectivity index (χ2n) is 14.1. The molecule has 0 bridgehead atoms. The fourth-order valence-electron chi connectivity index (χ4n) is 7.22. The van der Waals surface area contributed by atoms with Crippen LogP contribution in [0.25, 0.3) is 0 Å². The van der Waals surface area contributed by atoms with Gasteiger partial charge in [0.05, 0.1) is 25.9 Å². The number of hydrogen-bond acceptors (Lipinski definition) is 6. The highest BCUT2D eigenvalue weighted by molar-refractivity contribution is 6.99. The summed E-state index contributed by atoms with van der Waals surface area (Å²) in [6.45, 7) is 7.26. The highest BCUT2D eigenvalue weighted by atomic mass is 28.4. The molecule has 5 aromatic carbocycles. The van der Waals surface area contributed by atoms with Gasteiger partial charge in [-0.1, -0.05) is 172 Å². The summed E-state index contributed by atoms with van der Waals surface area (Å²) in [4.78, 5) is 29.0. The average Bonchev–Trinajstić information content (AvgIpc) is 3.49. The van der Waals surface area contributed by atoms with Crippen LogP contribution in [0, 0.1) is 0 Å². The number of amides is 1. The summed E-state index contributed by atoms with van der Waals surface area (Å²) in [6, 6.07) is 48.2. The molecule has 0 radical (unpaired) electrons. The Kier molecular flexibility index (Phi) is 12.1. The van der Waals surface area contributed by atoms with Crippen LogP contribution in [0.15, 0.2) is 152 Å². The van der Waals surface area contributed by atoms with E-state index in [4.69, 9.17) is 18.6 Å². The Bertz CT molecular complexity index is 1800. The van der Waals surface area contributed by atoms with Gasteiger partial charge < -0.3 is 23.4 Å². The normalized spacial score (nSPS) is 18.9. The van der Waals surface area contributed by atoms with Gasteiger partial charge in [-0.2, -0.15) is 0 Å². The Morgan fingerprint density at radius 3 is 1.44 bits per heavy atom. The van der Waals surface area contributed by atoms with Crippen molar-refractivity contribution >= 4 is 31.1 Å². The smallest absolute Gasteiger partial charge is 0.411 e. The molecule has 1 amide bonds. The zero-order valence-electron chi connectivity index (χ0n) is 30.0. The minimum absolute atomic E-state index is 0.0507. The molecule has 0 spiro atoms. The summed E-state index contributed by atoms with van der Waals surface area (Å²) >= 11 is 0. The molecular weight excluding hydrogens is 667 g/mol. The fraction of sp³-hybridized carbons (Fsp3) is 0.273. The molecule has 0 unspecified atom stereocenters. The summed E-state index contributed by atoms with van der Waals surface area (Å²) in [5.41, 5.74) is 2.74. The zero-order valence-corrected chi connectivity index (χ0v) is 31.0. The van der Waals surface area contributed by atoms with Gasteiger partial charge in [0.15, 0.2) is 0 Å². The van der Waals surface area contributed by atoms with E-state index in [9.17, 15) is 9.59 Å². The van der Waals surface area contributed by atoms with Gasteiger partial charge in [0.1, 0.15) is 31.1 Å². The molecule has 0 saturated carbocycles. The van der Waals surface area contributed by atoms with Crippen LogP contribution >= 0.6 is 0 Å². The predicted molar refractivity (Wildman–Crippen MR) is 206 cm³/mol. The van der Waals surface area contributed by atoms with Gasteiger partial charge in [-0.25, -0.2) is 4.79 Å². The van der Waals surface area contributed by atoms with Crippen LogP contribution in [-0.4, -0.2) is 56.5 Å². The number of carbonyl (C=O) groups is 2. The molecule has 1 aliphatic heterocycles. The van der Waals surface area contributed by atoms with Crippen LogP contribution < -0.4 is 10.4 Å². The molecule has 0 aromatic heterocycles. The Morgan fingerprint density at radius 2 is 1.02 bits per heavy atom. The zero-order chi connectivity index (χ0) is 36.4. The summed E-state index contributed by atoms with van der Waals surface area (Å²) in [5.74, 6) is 0. The Balaban J connectivity index is 1.41.